The fourth-order valence-corrected chi connectivity index (χ4v) is 3.25. The van der Waals surface area contributed by atoms with Gasteiger partial charge in [-0.1, -0.05) is 77.1 Å². The molecular formula is C20H26O. The van der Waals surface area contributed by atoms with E-state index in [1.807, 2.05) is 18.2 Å². The van der Waals surface area contributed by atoms with Crippen LogP contribution in [0.3, 0.4) is 0 Å². The highest BCUT2D eigenvalue weighted by Gasteiger charge is 2.27. The monoisotopic (exact) mass is 282 g/mol. The molecular weight excluding hydrogens is 256 g/mol. The van der Waals surface area contributed by atoms with Crippen LogP contribution in [0.5, 0.6) is 5.75 Å². The first-order valence-electron chi connectivity index (χ1n) is 7.58. The van der Waals surface area contributed by atoms with Gasteiger partial charge in [0.1, 0.15) is 5.75 Å². The van der Waals surface area contributed by atoms with Gasteiger partial charge in [-0.15, -0.1) is 0 Å². The summed E-state index contributed by atoms with van der Waals surface area (Å²) in [7, 11) is 0. The lowest BCUT2D eigenvalue weighted by molar-refractivity contribution is 0.284. The Labute approximate surface area is 128 Å². The SMILES string of the molecule is CC(C)(C)CC(C)(C)c1ccc(-c2ccccc2O)cc1. The molecule has 0 unspecified atom stereocenters. The first kappa shape index (κ1) is 15.6. The van der Waals surface area contributed by atoms with E-state index in [2.05, 4.69) is 58.9 Å². The summed E-state index contributed by atoms with van der Waals surface area (Å²) in [4.78, 5) is 0. The average molecular weight is 282 g/mol. The summed E-state index contributed by atoms with van der Waals surface area (Å²) in [6, 6.07) is 16.1. The molecule has 0 aliphatic rings. The molecule has 2 aromatic carbocycles. The maximum atomic E-state index is 9.95. The average Bonchev–Trinajstić information content (AvgIpc) is 2.37. The Kier molecular flexibility index (Phi) is 4.13. The van der Waals surface area contributed by atoms with Crippen molar-refractivity contribution in [1.82, 2.24) is 0 Å². The Hall–Kier alpha value is -1.76. The van der Waals surface area contributed by atoms with Gasteiger partial charge in [-0.2, -0.15) is 0 Å². The van der Waals surface area contributed by atoms with Gasteiger partial charge in [0.2, 0.25) is 0 Å². The second kappa shape index (κ2) is 5.55. The summed E-state index contributed by atoms with van der Waals surface area (Å²) in [6.07, 6.45) is 1.13. The van der Waals surface area contributed by atoms with Crippen molar-refractivity contribution in [2.24, 2.45) is 5.41 Å². The summed E-state index contributed by atoms with van der Waals surface area (Å²) in [6.45, 7) is 11.4. The van der Waals surface area contributed by atoms with Gasteiger partial charge in [0, 0.05) is 5.56 Å². The first-order chi connectivity index (χ1) is 9.69. The van der Waals surface area contributed by atoms with Crippen LogP contribution in [0.15, 0.2) is 48.5 Å². The third-order valence-electron chi connectivity index (χ3n) is 3.85. The van der Waals surface area contributed by atoms with Crippen LogP contribution >= 0.6 is 0 Å². The van der Waals surface area contributed by atoms with E-state index in [1.54, 1.807) is 6.07 Å². The molecule has 0 aromatic heterocycles. The summed E-state index contributed by atoms with van der Waals surface area (Å²) in [5.74, 6) is 0.333. The van der Waals surface area contributed by atoms with Crippen molar-refractivity contribution in [3.8, 4) is 16.9 Å². The molecule has 0 atom stereocenters. The van der Waals surface area contributed by atoms with Crippen LogP contribution in [0.4, 0.5) is 0 Å². The zero-order chi connectivity index (χ0) is 15.7. The van der Waals surface area contributed by atoms with Gasteiger partial charge in [-0.3, -0.25) is 0 Å². The van der Waals surface area contributed by atoms with Crippen LogP contribution in [0, 0.1) is 5.41 Å². The second-order valence-electron chi connectivity index (χ2n) is 7.72. The topological polar surface area (TPSA) is 20.2 Å². The molecule has 2 rings (SSSR count). The molecule has 0 saturated carbocycles. The molecule has 0 bridgehead atoms. The fourth-order valence-electron chi connectivity index (χ4n) is 3.25. The largest absolute Gasteiger partial charge is 0.507 e. The quantitative estimate of drug-likeness (QED) is 0.757. The molecule has 2 aromatic rings. The van der Waals surface area contributed by atoms with E-state index in [0.717, 1.165) is 17.5 Å². The highest BCUT2D eigenvalue weighted by molar-refractivity contribution is 5.70. The van der Waals surface area contributed by atoms with Crippen molar-refractivity contribution in [2.75, 3.05) is 0 Å². The molecule has 0 radical (unpaired) electrons. The van der Waals surface area contributed by atoms with E-state index in [9.17, 15) is 5.11 Å². The lowest BCUT2D eigenvalue weighted by Crippen LogP contribution is -2.24. The van der Waals surface area contributed by atoms with Crippen LogP contribution in [0.2, 0.25) is 0 Å². The number of phenols is 1. The van der Waals surface area contributed by atoms with Gasteiger partial charge >= 0.3 is 0 Å². The number of phenolic OH excluding ortho intramolecular Hbond substituents is 1. The van der Waals surface area contributed by atoms with Crippen LogP contribution in [0.1, 0.15) is 46.6 Å². The van der Waals surface area contributed by atoms with Gasteiger partial charge in [0.25, 0.3) is 0 Å². The number of hydrogen-bond acceptors (Lipinski definition) is 1. The molecule has 21 heavy (non-hydrogen) atoms. The molecule has 0 aliphatic carbocycles. The summed E-state index contributed by atoms with van der Waals surface area (Å²) in [5, 5.41) is 9.95. The lowest BCUT2D eigenvalue weighted by Gasteiger charge is -2.33. The van der Waals surface area contributed by atoms with Gasteiger partial charge in [-0.05, 0) is 34.4 Å². The molecule has 112 valence electrons. The van der Waals surface area contributed by atoms with Crippen molar-refractivity contribution in [3.63, 3.8) is 0 Å². The standard InChI is InChI=1S/C20H26O/c1-19(2,3)14-20(4,5)16-12-10-15(11-13-16)17-8-6-7-9-18(17)21/h6-13,21H,14H2,1-5H3. The number of hydrogen-bond donors (Lipinski definition) is 1. The Balaban J connectivity index is 2.29. The maximum Gasteiger partial charge on any atom is 0.123 e. The van der Waals surface area contributed by atoms with Gasteiger partial charge < -0.3 is 5.11 Å². The Morgan fingerprint density at radius 2 is 1.38 bits per heavy atom. The summed E-state index contributed by atoms with van der Waals surface area (Å²) in [5.41, 5.74) is 3.74. The Morgan fingerprint density at radius 1 is 0.810 bits per heavy atom. The first-order valence-corrected chi connectivity index (χ1v) is 7.58. The molecule has 1 heteroatoms. The zero-order valence-electron chi connectivity index (χ0n) is 13.8. The maximum absolute atomic E-state index is 9.95. The second-order valence-corrected chi connectivity index (χ2v) is 7.72. The molecule has 0 fully saturated rings. The van der Waals surface area contributed by atoms with E-state index in [0.29, 0.717) is 11.2 Å². The Bertz CT molecular complexity index is 600. The predicted octanol–water partition coefficient (Wildman–Crippen LogP) is 5.77. The number of rotatable bonds is 3. The van der Waals surface area contributed by atoms with E-state index in [1.165, 1.54) is 5.56 Å². The van der Waals surface area contributed by atoms with Gasteiger partial charge in [-0.25, -0.2) is 0 Å². The van der Waals surface area contributed by atoms with Crippen molar-refractivity contribution >= 4 is 0 Å². The third kappa shape index (κ3) is 3.87. The van der Waals surface area contributed by atoms with E-state index < -0.39 is 0 Å². The molecule has 0 saturated heterocycles. The van der Waals surface area contributed by atoms with Crippen LogP contribution in [-0.4, -0.2) is 5.11 Å². The van der Waals surface area contributed by atoms with Gasteiger partial charge in [0.15, 0.2) is 0 Å². The molecule has 0 heterocycles. The molecule has 0 amide bonds. The van der Waals surface area contributed by atoms with Gasteiger partial charge in [0.05, 0.1) is 0 Å². The number of benzene rings is 2. The van der Waals surface area contributed by atoms with Crippen molar-refractivity contribution in [2.45, 2.75) is 46.5 Å². The number of para-hydroxylation sites is 1. The number of aromatic hydroxyl groups is 1. The highest BCUT2D eigenvalue weighted by Crippen LogP contribution is 2.37. The lowest BCUT2D eigenvalue weighted by atomic mass is 9.72. The highest BCUT2D eigenvalue weighted by atomic mass is 16.3. The zero-order valence-corrected chi connectivity index (χ0v) is 13.8. The van der Waals surface area contributed by atoms with Crippen LogP contribution < -0.4 is 0 Å². The van der Waals surface area contributed by atoms with Crippen LogP contribution in [0.25, 0.3) is 11.1 Å². The van der Waals surface area contributed by atoms with Crippen molar-refractivity contribution < 1.29 is 5.11 Å². The summed E-state index contributed by atoms with van der Waals surface area (Å²) >= 11 is 0. The minimum Gasteiger partial charge on any atom is -0.507 e. The minimum atomic E-state index is 0.148. The normalized spacial score (nSPS) is 12.4. The van der Waals surface area contributed by atoms with E-state index in [4.69, 9.17) is 0 Å². The van der Waals surface area contributed by atoms with Crippen molar-refractivity contribution in [1.29, 1.82) is 0 Å². The van der Waals surface area contributed by atoms with Crippen LogP contribution in [-0.2, 0) is 5.41 Å². The molecule has 0 spiro atoms. The molecule has 1 nitrogen and oxygen atoms in total. The molecule has 0 aliphatic heterocycles. The van der Waals surface area contributed by atoms with Crippen molar-refractivity contribution in [3.05, 3.63) is 54.1 Å². The van der Waals surface area contributed by atoms with E-state index in [-0.39, 0.29) is 5.41 Å². The fraction of sp³-hybridized carbons (Fsp3) is 0.400. The molecule has 1 N–H and O–H groups in total. The minimum absolute atomic E-state index is 0.148. The third-order valence-corrected chi connectivity index (χ3v) is 3.85. The predicted molar refractivity (Wildman–Crippen MR) is 90.6 cm³/mol. The smallest absolute Gasteiger partial charge is 0.123 e. The van der Waals surface area contributed by atoms with E-state index >= 15 is 0 Å². The summed E-state index contributed by atoms with van der Waals surface area (Å²) < 4.78 is 0. The Morgan fingerprint density at radius 3 is 1.90 bits per heavy atom.